The molecule has 0 heterocycles. The van der Waals surface area contributed by atoms with Gasteiger partial charge in [-0.15, -0.1) is 11.6 Å². The molecular weight excluding hydrogens is 346 g/mol. The van der Waals surface area contributed by atoms with Gasteiger partial charge < -0.3 is 10.4 Å². The lowest BCUT2D eigenvalue weighted by atomic mass is 9.47. The molecule has 0 spiro atoms. The molecule has 4 saturated carbocycles. The van der Waals surface area contributed by atoms with Gasteiger partial charge >= 0.3 is 0 Å². The minimum absolute atomic E-state index is 0.0458. The van der Waals surface area contributed by atoms with E-state index in [0.29, 0.717) is 30.6 Å². The molecule has 4 bridgehead atoms. The third-order valence-corrected chi connectivity index (χ3v) is 7.18. The van der Waals surface area contributed by atoms with Crippen LogP contribution in [-0.2, 0) is 4.79 Å². The summed E-state index contributed by atoms with van der Waals surface area (Å²) in [7, 11) is 0. The molecule has 6 atom stereocenters. The molecule has 1 aromatic carbocycles. The molecule has 1 amide bonds. The average Bonchev–Trinajstić information content (AvgIpc) is 2.51. The fraction of sp³-hybridized carbons (Fsp3) is 0.682. The zero-order valence-electron chi connectivity index (χ0n) is 15.7. The predicted octanol–water partition coefficient (Wildman–Crippen LogP) is 4.44. The Hall–Kier alpha value is -1.06. The van der Waals surface area contributed by atoms with Gasteiger partial charge in [0.05, 0.1) is 11.6 Å². The van der Waals surface area contributed by atoms with Crippen molar-refractivity contribution in [2.24, 2.45) is 23.7 Å². The van der Waals surface area contributed by atoms with Crippen LogP contribution in [0, 0.1) is 23.7 Å². The number of hydrogen-bond acceptors (Lipinski definition) is 2. The molecule has 2 unspecified atom stereocenters. The highest BCUT2D eigenvalue weighted by atomic mass is 35.5. The Bertz CT molecular complexity index is 678. The minimum atomic E-state index is -0.766. The molecule has 4 heteroatoms. The molecule has 3 nitrogen and oxygen atoms in total. The topological polar surface area (TPSA) is 49.3 Å². The zero-order chi connectivity index (χ0) is 18.5. The Morgan fingerprint density at radius 1 is 1.27 bits per heavy atom. The predicted molar refractivity (Wildman–Crippen MR) is 104 cm³/mol. The van der Waals surface area contributed by atoms with Crippen molar-refractivity contribution in [1.29, 1.82) is 0 Å². The van der Waals surface area contributed by atoms with E-state index in [1.54, 1.807) is 0 Å². The van der Waals surface area contributed by atoms with E-state index < -0.39 is 5.60 Å². The van der Waals surface area contributed by atoms with Crippen LogP contribution in [0.5, 0.6) is 0 Å². The number of hydrogen-bond donors (Lipinski definition) is 2. The number of nitrogens with one attached hydrogen (secondary N) is 1. The van der Waals surface area contributed by atoms with Crippen LogP contribution >= 0.6 is 11.6 Å². The average molecular weight is 376 g/mol. The van der Waals surface area contributed by atoms with Crippen LogP contribution < -0.4 is 5.32 Å². The monoisotopic (exact) mass is 375 g/mol. The second kappa shape index (κ2) is 6.53. The van der Waals surface area contributed by atoms with E-state index in [-0.39, 0.29) is 22.7 Å². The molecule has 4 aliphatic carbocycles. The number of carbonyl (C=O) groups is 1. The molecule has 5 rings (SSSR count). The van der Waals surface area contributed by atoms with Crippen molar-refractivity contribution < 1.29 is 9.90 Å². The van der Waals surface area contributed by atoms with Crippen LogP contribution in [0.3, 0.4) is 0 Å². The third-order valence-electron chi connectivity index (χ3n) is 6.74. The Kier molecular flexibility index (Phi) is 4.60. The normalized spacial score (nSPS) is 39.2. The van der Waals surface area contributed by atoms with E-state index in [2.05, 4.69) is 31.3 Å². The van der Waals surface area contributed by atoms with E-state index in [1.165, 1.54) is 0 Å². The summed E-state index contributed by atoms with van der Waals surface area (Å²) in [6, 6.07) is 10.0. The van der Waals surface area contributed by atoms with Gasteiger partial charge in [0.2, 0.25) is 5.91 Å². The summed E-state index contributed by atoms with van der Waals surface area (Å²) in [5, 5.41) is 14.9. The van der Waals surface area contributed by atoms with Crippen molar-refractivity contribution in [2.45, 2.75) is 68.9 Å². The molecule has 0 aliphatic heterocycles. The summed E-state index contributed by atoms with van der Waals surface area (Å²) in [5.74, 6) is 1.35. The fourth-order valence-corrected chi connectivity index (χ4v) is 6.93. The van der Waals surface area contributed by atoms with Crippen LogP contribution in [0.15, 0.2) is 30.3 Å². The van der Waals surface area contributed by atoms with Crippen LogP contribution in [0.4, 0.5) is 0 Å². The molecule has 0 saturated heterocycles. The summed E-state index contributed by atoms with van der Waals surface area (Å²) in [6.45, 7) is 4.12. The highest BCUT2D eigenvalue weighted by Crippen LogP contribution is 2.64. The van der Waals surface area contributed by atoms with Gasteiger partial charge in [-0.05, 0) is 55.4 Å². The van der Waals surface area contributed by atoms with Crippen molar-refractivity contribution >= 4 is 17.5 Å². The molecule has 4 fully saturated rings. The van der Waals surface area contributed by atoms with Gasteiger partial charge in [-0.25, -0.2) is 0 Å². The van der Waals surface area contributed by atoms with E-state index >= 15 is 0 Å². The lowest BCUT2D eigenvalue weighted by molar-refractivity contribution is -0.175. The molecular formula is C22H30ClNO2. The minimum Gasteiger partial charge on any atom is -0.389 e. The van der Waals surface area contributed by atoms with Gasteiger partial charge in [0.25, 0.3) is 0 Å². The number of aliphatic hydroxyl groups is 1. The van der Waals surface area contributed by atoms with Gasteiger partial charge in [0, 0.05) is 17.2 Å². The zero-order valence-corrected chi connectivity index (χ0v) is 16.5. The lowest BCUT2D eigenvalue weighted by Crippen LogP contribution is -2.64. The maximum Gasteiger partial charge on any atom is 0.220 e. The van der Waals surface area contributed by atoms with E-state index in [9.17, 15) is 9.90 Å². The third kappa shape index (κ3) is 3.29. The van der Waals surface area contributed by atoms with Crippen LogP contribution in [0.2, 0.25) is 0 Å². The van der Waals surface area contributed by atoms with E-state index in [4.69, 9.17) is 11.6 Å². The van der Waals surface area contributed by atoms with E-state index in [1.807, 2.05) is 18.2 Å². The van der Waals surface area contributed by atoms with Gasteiger partial charge in [-0.3, -0.25) is 4.79 Å². The molecule has 4 aliphatic rings. The van der Waals surface area contributed by atoms with Crippen LogP contribution in [0.25, 0.3) is 0 Å². The highest BCUT2D eigenvalue weighted by Gasteiger charge is 2.63. The maximum absolute atomic E-state index is 12.6. The first kappa shape index (κ1) is 18.3. The van der Waals surface area contributed by atoms with Crippen molar-refractivity contribution in [1.82, 2.24) is 5.32 Å². The smallest absolute Gasteiger partial charge is 0.220 e. The maximum atomic E-state index is 12.6. The van der Waals surface area contributed by atoms with Gasteiger partial charge in [-0.1, -0.05) is 44.2 Å². The van der Waals surface area contributed by atoms with E-state index in [0.717, 1.165) is 31.2 Å². The first-order valence-corrected chi connectivity index (χ1v) is 10.4. The summed E-state index contributed by atoms with van der Waals surface area (Å²) in [6.07, 6.45) is 5.12. The second-order valence-electron chi connectivity index (χ2n) is 9.49. The van der Waals surface area contributed by atoms with Gasteiger partial charge in [0.15, 0.2) is 0 Å². The molecule has 26 heavy (non-hydrogen) atoms. The Balaban J connectivity index is 1.67. The molecule has 2 N–H and O–H groups in total. The van der Waals surface area contributed by atoms with Gasteiger partial charge in [-0.2, -0.15) is 0 Å². The van der Waals surface area contributed by atoms with Gasteiger partial charge in [0.1, 0.15) is 0 Å². The number of alkyl halides is 1. The molecule has 1 aromatic rings. The van der Waals surface area contributed by atoms with Crippen molar-refractivity contribution in [3.63, 3.8) is 0 Å². The number of benzene rings is 1. The number of amides is 1. The van der Waals surface area contributed by atoms with Crippen LogP contribution in [-0.4, -0.2) is 21.5 Å². The number of rotatable bonds is 5. The van der Waals surface area contributed by atoms with Crippen molar-refractivity contribution in [3.05, 3.63) is 35.9 Å². The first-order valence-electron chi connectivity index (χ1n) is 10.0. The largest absolute Gasteiger partial charge is 0.389 e. The fourth-order valence-electron chi connectivity index (χ4n) is 6.28. The standard InChI is InChI=1S/C22H30ClNO2/c1-14(2)8-18(25)24-20(16-6-4-3-5-7-16)19-17-9-15-10-21(23,12-17)13-22(19,26)11-15/h3-7,14-15,17,19-20,26H,8-13H2,1-2H3,(H,24,25)/t15?,17?,19-,20+,21+,22+/m1/s1. The lowest BCUT2D eigenvalue weighted by Gasteiger charge is -2.63. The molecule has 0 radical (unpaired) electrons. The second-order valence-corrected chi connectivity index (χ2v) is 10.3. The molecule has 142 valence electrons. The number of halogens is 1. The van der Waals surface area contributed by atoms with Crippen LogP contribution in [0.1, 0.15) is 64.0 Å². The Labute approximate surface area is 161 Å². The summed E-state index contributed by atoms with van der Waals surface area (Å²) >= 11 is 6.86. The SMILES string of the molecule is CC(C)CC(=O)N[C@@H](c1ccccc1)[C@H]1C2CC3C[C@](Cl)(C2)C[C@@]1(O)C3. The Morgan fingerprint density at radius 3 is 2.62 bits per heavy atom. The number of carbonyl (C=O) groups excluding carboxylic acids is 1. The quantitative estimate of drug-likeness (QED) is 0.747. The van der Waals surface area contributed by atoms with Crippen molar-refractivity contribution in [2.75, 3.05) is 0 Å². The summed E-state index contributed by atoms with van der Waals surface area (Å²) in [5.41, 5.74) is 0.330. The summed E-state index contributed by atoms with van der Waals surface area (Å²) < 4.78 is 0. The Morgan fingerprint density at radius 2 is 2.00 bits per heavy atom. The van der Waals surface area contributed by atoms with Crippen molar-refractivity contribution in [3.8, 4) is 0 Å². The molecule has 0 aromatic heterocycles. The first-order chi connectivity index (χ1) is 12.3. The summed E-state index contributed by atoms with van der Waals surface area (Å²) in [4.78, 5) is 12.4. The highest BCUT2D eigenvalue weighted by molar-refractivity contribution is 6.24.